The van der Waals surface area contributed by atoms with Gasteiger partial charge in [0.05, 0.1) is 6.54 Å². The summed E-state index contributed by atoms with van der Waals surface area (Å²) in [4.78, 5) is 14.6. The fourth-order valence-electron chi connectivity index (χ4n) is 3.39. The van der Waals surface area contributed by atoms with Crippen LogP contribution in [0.4, 0.5) is 0 Å². The van der Waals surface area contributed by atoms with Crippen LogP contribution in [0.15, 0.2) is 47.2 Å². The van der Waals surface area contributed by atoms with Crippen molar-refractivity contribution in [2.75, 3.05) is 0 Å². The van der Waals surface area contributed by atoms with Gasteiger partial charge in [0.1, 0.15) is 17.6 Å². The minimum absolute atomic E-state index is 0.272. The number of nitrogens with zero attached hydrogens (tertiary/aromatic N) is 3. The van der Waals surface area contributed by atoms with Gasteiger partial charge in [0, 0.05) is 41.5 Å². The lowest BCUT2D eigenvalue weighted by Crippen LogP contribution is -2.39. The highest BCUT2D eigenvalue weighted by Gasteiger charge is 2.26. The van der Waals surface area contributed by atoms with Gasteiger partial charge in [0.15, 0.2) is 5.76 Å². The molecule has 0 saturated heterocycles. The number of benzene rings is 1. The minimum Gasteiger partial charge on any atom is -0.385 e. The van der Waals surface area contributed by atoms with Crippen LogP contribution in [-0.4, -0.2) is 32.3 Å². The number of hydrogen-bond donors (Lipinski definition) is 2. The first-order valence-corrected chi connectivity index (χ1v) is 9.58. The molecule has 7 heteroatoms. The van der Waals surface area contributed by atoms with Gasteiger partial charge in [0.25, 0.3) is 0 Å². The van der Waals surface area contributed by atoms with Crippen molar-refractivity contribution >= 4 is 6.41 Å². The molecule has 1 amide bonds. The van der Waals surface area contributed by atoms with Crippen molar-refractivity contribution in [2.45, 2.75) is 38.5 Å². The van der Waals surface area contributed by atoms with Crippen LogP contribution in [0, 0.1) is 17.8 Å². The van der Waals surface area contributed by atoms with Crippen molar-refractivity contribution in [1.82, 2.24) is 20.0 Å². The molecule has 148 valence electrons. The summed E-state index contributed by atoms with van der Waals surface area (Å²) in [6.07, 6.45) is 5.41. The molecule has 3 aromatic rings. The van der Waals surface area contributed by atoms with Crippen LogP contribution in [0.1, 0.15) is 43.0 Å². The van der Waals surface area contributed by atoms with E-state index in [-0.39, 0.29) is 6.04 Å². The van der Waals surface area contributed by atoms with E-state index in [1.54, 1.807) is 13.1 Å². The number of aromatic nitrogens is 3. The van der Waals surface area contributed by atoms with E-state index in [4.69, 9.17) is 4.52 Å². The summed E-state index contributed by atoms with van der Waals surface area (Å²) in [7, 11) is 0. The van der Waals surface area contributed by atoms with E-state index in [1.165, 1.54) is 0 Å². The van der Waals surface area contributed by atoms with Crippen LogP contribution >= 0.6 is 0 Å². The summed E-state index contributed by atoms with van der Waals surface area (Å²) in [6, 6.07) is 10.0. The molecule has 0 spiro atoms. The monoisotopic (exact) mass is 390 g/mol. The average molecular weight is 390 g/mol. The Morgan fingerprint density at radius 1 is 1.38 bits per heavy atom. The predicted octanol–water partition coefficient (Wildman–Crippen LogP) is 2.52. The third-order valence-electron chi connectivity index (χ3n) is 5.04. The molecule has 1 aliphatic carbocycles. The Labute approximate surface area is 168 Å². The van der Waals surface area contributed by atoms with E-state index < -0.39 is 6.10 Å². The van der Waals surface area contributed by atoms with Crippen molar-refractivity contribution in [3.8, 4) is 23.2 Å². The van der Waals surface area contributed by atoms with Crippen LogP contribution in [0.3, 0.4) is 0 Å². The van der Waals surface area contributed by atoms with E-state index >= 15 is 0 Å². The molecule has 1 saturated carbocycles. The maximum atomic E-state index is 10.4. The summed E-state index contributed by atoms with van der Waals surface area (Å²) in [5.74, 6) is 8.07. The number of aliphatic hydroxyl groups excluding tert-OH is 1. The molecule has 1 fully saturated rings. The molecule has 2 N–H and O–H groups in total. The second kappa shape index (κ2) is 8.33. The molecule has 7 nitrogen and oxygen atoms in total. The van der Waals surface area contributed by atoms with E-state index in [0.717, 1.165) is 36.1 Å². The Morgan fingerprint density at radius 3 is 2.90 bits per heavy atom. The minimum atomic E-state index is -0.642. The fourth-order valence-corrected chi connectivity index (χ4v) is 3.39. The number of aliphatic hydroxyl groups is 1. The van der Waals surface area contributed by atoms with Gasteiger partial charge in [-0.25, -0.2) is 4.98 Å². The molecule has 4 rings (SSSR count). The SMILES string of the molecule is C[C@H](O)c1nccn1Cc1cc(-c2ccc(C#C[C@H]3C[C@H](NC=O)C3)cc2)on1. The summed E-state index contributed by atoms with van der Waals surface area (Å²) < 4.78 is 7.33. The average Bonchev–Trinajstić information content (AvgIpc) is 3.34. The van der Waals surface area contributed by atoms with Crippen molar-refractivity contribution < 1.29 is 14.4 Å². The molecule has 2 heterocycles. The standard InChI is InChI=1S/C22H22N4O3/c1-15(28)22-23-8-9-26(22)13-20-12-21(29-25-20)18-6-4-16(5-7-18)2-3-17-10-19(11-17)24-14-27/h4-9,12,14-15,17,19,28H,10-11,13H2,1H3,(H,24,27)/t15-,17-,19-/m0/s1. The lowest BCUT2D eigenvalue weighted by Gasteiger charge is -2.30. The largest absolute Gasteiger partial charge is 0.385 e. The highest BCUT2D eigenvalue weighted by atomic mass is 16.5. The van der Waals surface area contributed by atoms with Gasteiger partial charge in [-0.1, -0.05) is 17.0 Å². The zero-order valence-electron chi connectivity index (χ0n) is 16.1. The van der Waals surface area contributed by atoms with Crippen molar-refractivity contribution in [1.29, 1.82) is 0 Å². The Morgan fingerprint density at radius 2 is 2.17 bits per heavy atom. The zero-order chi connectivity index (χ0) is 20.2. The normalized spacial score (nSPS) is 19.0. The summed E-state index contributed by atoms with van der Waals surface area (Å²) in [5.41, 5.74) is 2.63. The van der Waals surface area contributed by atoms with Crippen LogP contribution in [0.25, 0.3) is 11.3 Å². The lowest BCUT2D eigenvalue weighted by atomic mass is 9.81. The van der Waals surface area contributed by atoms with Gasteiger partial charge < -0.3 is 19.5 Å². The smallest absolute Gasteiger partial charge is 0.207 e. The van der Waals surface area contributed by atoms with Gasteiger partial charge in [-0.15, -0.1) is 0 Å². The maximum Gasteiger partial charge on any atom is 0.207 e. The number of imidazole rings is 1. The summed E-state index contributed by atoms with van der Waals surface area (Å²) in [5, 5.41) is 16.7. The molecule has 1 aromatic carbocycles. The van der Waals surface area contributed by atoms with Crippen LogP contribution in [-0.2, 0) is 11.3 Å². The molecule has 0 bridgehead atoms. The quantitative estimate of drug-likeness (QED) is 0.498. The highest BCUT2D eigenvalue weighted by Crippen LogP contribution is 2.26. The Kier molecular flexibility index (Phi) is 5.45. The number of rotatable bonds is 6. The first kappa shape index (κ1) is 19.0. The van der Waals surface area contributed by atoms with E-state index in [0.29, 0.717) is 24.0 Å². The van der Waals surface area contributed by atoms with E-state index in [9.17, 15) is 9.90 Å². The molecule has 1 atom stereocenters. The van der Waals surface area contributed by atoms with Crippen LogP contribution in [0.2, 0.25) is 0 Å². The van der Waals surface area contributed by atoms with Crippen molar-refractivity contribution in [3.63, 3.8) is 0 Å². The topological polar surface area (TPSA) is 93.2 Å². The van der Waals surface area contributed by atoms with Crippen molar-refractivity contribution in [3.05, 3.63) is 59.8 Å². The van der Waals surface area contributed by atoms with E-state index in [1.807, 2.05) is 41.1 Å². The Balaban J connectivity index is 1.39. The van der Waals surface area contributed by atoms with Crippen LogP contribution < -0.4 is 5.32 Å². The summed E-state index contributed by atoms with van der Waals surface area (Å²) in [6.45, 7) is 2.16. The first-order valence-electron chi connectivity index (χ1n) is 9.58. The summed E-state index contributed by atoms with van der Waals surface area (Å²) >= 11 is 0. The number of hydrogen-bond acceptors (Lipinski definition) is 5. The Hall–Kier alpha value is -3.37. The number of nitrogens with one attached hydrogen (secondary N) is 1. The van der Waals surface area contributed by atoms with Crippen LogP contribution in [0.5, 0.6) is 0 Å². The van der Waals surface area contributed by atoms with Gasteiger partial charge in [-0.2, -0.15) is 0 Å². The molecule has 2 aromatic heterocycles. The maximum absolute atomic E-state index is 10.4. The Bertz CT molecular complexity index is 1030. The van der Waals surface area contributed by atoms with Gasteiger partial charge in [-0.3, -0.25) is 4.79 Å². The van der Waals surface area contributed by atoms with Gasteiger partial charge >= 0.3 is 0 Å². The third kappa shape index (κ3) is 4.39. The zero-order valence-corrected chi connectivity index (χ0v) is 16.1. The molecule has 0 aliphatic heterocycles. The molecular formula is C22H22N4O3. The highest BCUT2D eigenvalue weighted by molar-refractivity contribution is 5.59. The molecule has 0 unspecified atom stereocenters. The molecule has 0 radical (unpaired) electrons. The second-order valence-corrected chi connectivity index (χ2v) is 7.27. The number of carbonyl (C=O) groups excluding carboxylic acids is 1. The number of amides is 1. The van der Waals surface area contributed by atoms with Gasteiger partial charge in [-0.05, 0) is 44.0 Å². The molecule has 29 heavy (non-hydrogen) atoms. The van der Waals surface area contributed by atoms with Gasteiger partial charge in [0.2, 0.25) is 6.41 Å². The van der Waals surface area contributed by atoms with E-state index in [2.05, 4.69) is 27.3 Å². The number of carbonyl (C=O) groups is 1. The molecule has 1 aliphatic rings. The fraction of sp³-hybridized carbons (Fsp3) is 0.318. The third-order valence-corrected chi connectivity index (χ3v) is 5.04. The second-order valence-electron chi connectivity index (χ2n) is 7.27. The van der Waals surface area contributed by atoms with Crippen molar-refractivity contribution in [2.24, 2.45) is 5.92 Å². The first-order chi connectivity index (χ1) is 14.1. The lowest BCUT2D eigenvalue weighted by molar-refractivity contribution is -0.110. The molecular weight excluding hydrogens is 368 g/mol. The predicted molar refractivity (Wildman–Crippen MR) is 106 cm³/mol.